The SMILES string of the molecule is O=C(NC1CCCCCC1)[C@@H]1C[C@]2(CCN(Cc3ccccc3)C2)C(=O)N1. The van der Waals surface area contributed by atoms with E-state index < -0.39 is 0 Å². The van der Waals surface area contributed by atoms with Crippen LogP contribution in [0.3, 0.4) is 0 Å². The number of nitrogens with zero attached hydrogens (tertiary/aromatic N) is 1. The van der Waals surface area contributed by atoms with Gasteiger partial charge in [-0.2, -0.15) is 0 Å². The summed E-state index contributed by atoms with van der Waals surface area (Å²) in [6.45, 7) is 2.54. The fourth-order valence-electron chi connectivity index (χ4n) is 5.02. The summed E-state index contributed by atoms with van der Waals surface area (Å²) < 4.78 is 0. The van der Waals surface area contributed by atoms with Crippen LogP contribution in [-0.2, 0) is 16.1 Å². The summed E-state index contributed by atoms with van der Waals surface area (Å²) >= 11 is 0. The smallest absolute Gasteiger partial charge is 0.242 e. The molecule has 5 heteroatoms. The Morgan fingerprint density at radius 1 is 1.15 bits per heavy atom. The summed E-state index contributed by atoms with van der Waals surface area (Å²) in [5.41, 5.74) is 0.885. The molecule has 1 aromatic carbocycles. The third-order valence-electron chi connectivity index (χ3n) is 6.58. The van der Waals surface area contributed by atoms with Gasteiger partial charge in [-0.25, -0.2) is 0 Å². The van der Waals surface area contributed by atoms with Gasteiger partial charge in [0.15, 0.2) is 0 Å². The molecule has 3 aliphatic rings. The van der Waals surface area contributed by atoms with E-state index in [0.29, 0.717) is 6.42 Å². The second kappa shape index (κ2) is 8.01. The highest BCUT2D eigenvalue weighted by molar-refractivity contribution is 5.94. The maximum Gasteiger partial charge on any atom is 0.242 e. The second-order valence-corrected chi connectivity index (χ2v) is 8.65. The predicted octanol–water partition coefficient (Wildman–Crippen LogP) is 2.61. The Kier molecular flexibility index (Phi) is 5.48. The van der Waals surface area contributed by atoms with Crippen molar-refractivity contribution in [3.8, 4) is 0 Å². The third kappa shape index (κ3) is 4.18. The van der Waals surface area contributed by atoms with Gasteiger partial charge in [-0.05, 0) is 37.8 Å². The highest BCUT2D eigenvalue weighted by Crippen LogP contribution is 2.40. The van der Waals surface area contributed by atoms with Crippen molar-refractivity contribution < 1.29 is 9.59 Å². The average Bonchev–Trinajstić information content (AvgIpc) is 3.10. The van der Waals surface area contributed by atoms with E-state index in [1.807, 2.05) is 6.07 Å². The first kappa shape index (κ1) is 18.5. The lowest BCUT2D eigenvalue weighted by Crippen LogP contribution is -2.45. The van der Waals surface area contributed by atoms with Crippen LogP contribution in [0.15, 0.2) is 30.3 Å². The van der Waals surface area contributed by atoms with Crippen molar-refractivity contribution in [1.82, 2.24) is 15.5 Å². The molecule has 2 saturated heterocycles. The second-order valence-electron chi connectivity index (χ2n) is 8.65. The molecule has 1 aromatic rings. The molecule has 1 saturated carbocycles. The minimum atomic E-state index is -0.389. The largest absolute Gasteiger partial charge is 0.352 e. The van der Waals surface area contributed by atoms with Gasteiger partial charge in [0.05, 0.1) is 5.41 Å². The Balaban J connectivity index is 1.34. The third-order valence-corrected chi connectivity index (χ3v) is 6.58. The molecule has 2 heterocycles. The van der Waals surface area contributed by atoms with Gasteiger partial charge >= 0.3 is 0 Å². The van der Waals surface area contributed by atoms with E-state index in [2.05, 4.69) is 39.8 Å². The zero-order valence-corrected chi connectivity index (χ0v) is 16.1. The van der Waals surface area contributed by atoms with E-state index in [9.17, 15) is 9.59 Å². The number of amides is 2. The molecule has 1 spiro atoms. The lowest BCUT2D eigenvalue weighted by molar-refractivity contribution is -0.128. The zero-order chi connectivity index (χ0) is 18.7. The predicted molar refractivity (Wildman–Crippen MR) is 105 cm³/mol. The van der Waals surface area contributed by atoms with Gasteiger partial charge in [0.2, 0.25) is 11.8 Å². The van der Waals surface area contributed by atoms with Gasteiger partial charge < -0.3 is 10.6 Å². The Bertz CT molecular complexity index is 669. The normalized spacial score (nSPS) is 29.6. The summed E-state index contributed by atoms with van der Waals surface area (Å²) in [6.07, 6.45) is 8.56. The van der Waals surface area contributed by atoms with E-state index in [-0.39, 0.29) is 29.3 Å². The monoisotopic (exact) mass is 369 g/mol. The van der Waals surface area contributed by atoms with Crippen LogP contribution in [0, 0.1) is 5.41 Å². The molecule has 146 valence electrons. The van der Waals surface area contributed by atoms with Crippen molar-refractivity contribution in [3.63, 3.8) is 0 Å². The maximum atomic E-state index is 12.7. The first-order valence-electron chi connectivity index (χ1n) is 10.5. The van der Waals surface area contributed by atoms with Crippen molar-refractivity contribution in [1.29, 1.82) is 0 Å². The van der Waals surface area contributed by atoms with Crippen molar-refractivity contribution >= 4 is 11.8 Å². The van der Waals surface area contributed by atoms with E-state index in [4.69, 9.17) is 0 Å². The standard InChI is InChI=1S/C22H31N3O2/c26-20(23-18-10-6-1-2-7-11-18)19-14-22(21(27)24-19)12-13-25(16-22)15-17-8-4-3-5-9-17/h3-5,8-9,18-19H,1-2,6-7,10-16H2,(H,23,26)(H,24,27)/t19-,22-/m0/s1. The molecule has 4 rings (SSSR count). The molecule has 0 radical (unpaired) electrons. The fraction of sp³-hybridized carbons (Fsp3) is 0.636. The van der Waals surface area contributed by atoms with Crippen LogP contribution in [0.2, 0.25) is 0 Å². The van der Waals surface area contributed by atoms with Crippen LogP contribution >= 0.6 is 0 Å². The molecule has 0 unspecified atom stereocenters. The number of rotatable bonds is 4. The van der Waals surface area contributed by atoms with E-state index in [1.54, 1.807) is 0 Å². The number of likely N-dealkylation sites (tertiary alicyclic amines) is 1. The summed E-state index contributed by atoms with van der Waals surface area (Å²) in [6, 6.07) is 10.3. The van der Waals surface area contributed by atoms with Gasteiger partial charge in [0.25, 0.3) is 0 Å². The molecular weight excluding hydrogens is 338 g/mol. The first-order valence-corrected chi connectivity index (χ1v) is 10.5. The van der Waals surface area contributed by atoms with E-state index >= 15 is 0 Å². The Labute approximate surface area is 161 Å². The number of carbonyl (C=O) groups excluding carboxylic acids is 2. The minimum Gasteiger partial charge on any atom is -0.352 e. The van der Waals surface area contributed by atoms with Crippen molar-refractivity contribution in [2.24, 2.45) is 5.41 Å². The van der Waals surface area contributed by atoms with Crippen LogP contribution in [0.1, 0.15) is 56.9 Å². The minimum absolute atomic E-state index is 0.0219. The van der Waals surface area contributed by atoms with Crippen molar-refractivity contribution in [2.45, 2.75) is 70.0 Å². The van der Waals surface area contributed by atoms with Crippen LogP contribution in [0.25, 0.3) is 0 Å². The van der Waals surface area contributed by atoms with E-state index in [0.717, 1.165) is 38.9 Å². The van der Waals surface area contributed by atoms with Crippen molar-refractivity contribution in [2.75, 3.05) is 13.1 Å². The molecule has 1 aliphatic carbocycles. The Morgan fingerprint density at radius 2 is 1.89 bits per heavy atom. The van der Waals surface area contributed by atoms with Gasteiger partial charge in [-0.15, -0.1) is 0 Å². The van der Waals surface area contributed by atoms with Gasteiger partial charge in [0, 0.05) is 19.1 Å². The number of nitrogens with one attached hydrogen (secondary N) is 2. The van der Waals surface area contributed by atoms with Crippen LogP contribution in [-0.4, -0.2) is 41.9 Å². The Morgan fingerprint density at radius 3 is 2.63 bits per heavy atom. The molecule has 0 bridgehead atoms. The summed E-state index contributed by atoms with van der Waals surface area (Å²) in [5.74, 6) is 0.0905. The topological polar surface area (TPSA) is 61.4 Å². The van der Waals surface area contributed by atoms with Crippen LogP contribution in [0.4, 0.5) is 0 Å². The number of hydrogen-bond donors (Lipinski definition) is 2. The summed E-state index contributed by atoms with van der Waals surface area (Å²) in [5, 5.41) is 6.21. The van der Waals surface area contributed by atoms with Crippen molar-refractivity contribution in [3.05, 3.63) is 35.9 Å². The zero-order valence-electron chi connectivity index (χ0n) is 16.1. The van der Waals surface area contributed by atoms with Crippen LogP contribution in [0.5, 0.6) is 0 Å². The number of benzene rings is 1. The molecule has 2 N–H and O–H groups in total. The van der Waals surface area contributed by atoms with Gasteiger partial charge in [-0.3, -0.25) is 14.5 Å². The molecule has 2 amide bonds. The van der Waals surface area contributed by atoms with E-state index in [1.165, 1.54) is 31.2 Å². The summed E-state index contributed by atoms with van der Waals surface area (Å²) in [7, 11) is 0. The quantitative estimate of drug-likeness (QED) is 0.802. The average molecular weight is 370 g/mol. The van der Waals surface area contributed by atoms with Gasteiger partial charge in [-0.1, -0.05) is 56.0 Å². The first-order chi connectivity index (χ1) is 13.1. The number of hydrogen-bond acceptors (Lipinski definition) is 3. The summed E-state index contributed by atoms with van der Waals surface area (Å²) in [4.78, 5) is 27.8. The van der Waals surface area contributed by atoms with Crippen LogP contribution < -0.4 is 10.6 Å². The fourth-order valence-corrected chi connectivity index (χ4v) is 5.02. The molecule has 0 aromatic heterocycles. The highest BCUT2D eigenvalue weighted by atomic mass is 16.2. The lowest BCUT2D eigenvalue weighted by atomic mass is 9.83. The molecule has 27 heavy (non-hydrogen) atoms. The maximum absolute atomic E-state index is 12.7. The highest BCUT2D eigenvalue weighted by Gasteiger charge is 2.52. The Hall–Kier alpha value is -1.88. The number of carbonyl (C=O) groups is 2. The molecule has 3 fully saturated rings. The van der Waals surface area contributed by atoms with Gasteiger partial charge in [0.1, 0.15) is 6.04 Å². The lowest BCUT2D eigenvalue weighted by Gasteiger charge is -2.22. The molecule has 5 nitrogen and oxygen atoms in total. The molecule has 2 aliphatic heterocycles. The molecule has 2 atom stereocenters. The molecular formula is C22H31N3O2.